The van der Waals surface area contributed by atoms with Crippen molar-refractivity contribution < 1.29 is 13.9 Å². The first kappa shape index (κ1) is 13.3. The van der Waals surface area contributed by atoms with Crippen LogP contribution in [0.5, 0.6) is 5.75 Å². The molecule has 0 aromatic heterocycles. The first-order valence-corrected chi connectivity index (χ1v) is 5.32. The molecule has 4 nitrogen and oxygen atoms in total. The predicted octanol–water partition coefficient (Wildman–Crippen LogP) is 1.72. The largest absolute Gasteiger partial charge is 0.494 e. The minimum absolute atomic E-state index is 0.0404. The molecule has 0 spiro atoms. The van der Waals surface area contributed by atoms with Crippen LogP contribution in [0.15, 0.2) is 18.2 Å². The van der Waals surface area contributed by atoms with Crippen molar-refractivity contribution in [2.24, 2.45) is 0 Å². The summed E-state index contributed by atoms with van der Waals surface area (Å²) in [5.74, 6) is 0.123. The van der Waals surface area contributed by atoms with E-state index in [1.807, 2.05) is 0 Å². The number of rotatable bonds is 5. The second-order valence-corrected chi connectivity index (χ2v) is 3.81. The zero-order valence-corrected chi connectivity index (χ0v) is 10.3. The summed E-state index contributed by atoms with van der Waals surface area (Å²) in [4.78, 5) is 12.9. The molecule has 0 fully saturated rings. The zero-order chi connectivity index (χ0) is 12.8. The summed E-state index contributed by atoms with van der Waals surface area (Å²) in [6, 6.07) is 4.24. The third kappa shape index (κ3) is 3.94. The standard InChI is InChI=1S/C12H17FN2O2/c1-15(2)12(16)6-7-14-10-5-4-9(13)8-11(10)17-3/h4-5,8,14H,6-7H2,1-3H3. The van der Waals surface area contributed by atoms with E-state index in [1.54, 1.807) is 20.2 Å². The highest BCUT2D eigenvalue weighted by molar-refractivity contribution is 5.76. The molecule has 0 aliphatic carbocycles. The van der Waals surface area contributed by atoms with Crippen molar-refractivity contribution in [3.05, 3.63) is 24.0 Å². The number of carbonyl (C=O) groups excluding carboxylic acids is 1. The molecule has 5 heteroatoms. The summed E-state index contributed by atoms with van der Waals surface area (Å²) in [7, 11) is 4.90. The molecule has 0 radical (unpaired) electrons. The van der Waals surface area contributed by atoms with Crippen LogP contribution in [0.2, 0.25) is 0 Å². The minimum Gasteiger partial charge on any atom is -0.494 e. The summed E-state index contributed by atoms with van der Waals surface area (Å²) < 4.78 is 18.0. The second kappa shape index (κ2) is 6.08. The van der Waals surface area contributed by atoms with Crippen LogP contribution < -0.4 is 10.1 Å². The Morgan fingerprint density at radius 2 is 2.18 bits per heavy atom. The lowest BCUT2D eigenvalue weighted by Crippen LogP contribution is -2.23. The quantitative estimate of drug-likeness (QED) is 0.852. The maximum Gasteiger partial charge on any atom is 0.223 e. The lowest BCUT2D eigenvalue weighted by molar-refractivity contribution is -0.128. The van der Waals surface area contributed by atoms with E-state index >= 15 is 0 Å². The van der Waals surface area contributed by atoms with Crippen molar-refractivity contribution in [3.8, 4) is 5.75 Å². The zero-order valence-electron chi connectivity index (χ0n) is 10.3. The predicted molar refractivity (Wildman–Crippen MR) is 64.8 cm³/mol. The molecule has 0 saturated carbocycles. The summed E-state index contributed by atoms with van der Waals surface area (Å²) in [6.07, 6.45) is 0.382. The van der Waals surface area contributed by atoms with Crippen molar-refractivity contribution in [2.45, 2.75) is 6.42 Å². The van der Waals surface area contributed by atoms with E-state index in [4.69, 9.17) is 4.74 Å². The Morgan fingerprint density at radius 3 is 2.76 bits per heavy atom. The van der Waals surface area contributed by atoms with Gasteiger partial charge in [0.05, 0.1) is 12.8 Å². The summed E-state index contributed by atoms with van der Waals surface area (Å²) >= 11 is 0. The van der Waals surface area contributed by atoms with Crippen molar-refractivity contribution in [1.82, 2.24) is 4.90 Å². The molecule has 0 bridgehead atoms. The van der Waals surface area contributed by atoms with Gasteiger partial charge in [-0.3, -0.25) is 4.79 Å². The van der Waals surface area contributed by atoms with Gasteiger partial charge in [-0.05, 0) is 12.1 Å². The summed E-state index contributed by atoms with van der Waals surface area (Å²) in [6.45, 7) is 0.485. The highest BCUT2D eigenvalue weighted by atomic mass is 19.1. The fourth-order valence-corrected chi connectivity index (χ4v) is 1.34. The average Bonchev–Trinajstić information content (AvgIpc) is 2.30. The molecule has 1 aromatic rings. The number of methoxy groups -OCH3 is 1. The van der Waals surface area contributed by atoms with Gasteiger partial charge in [0.15, 0.2) is 0 Å². The van der Waals surface area contributed by atoms with E-state index in [0.717, 1.165) is 0 Å². The number of hydrogen-bond donors (Lipinski definition) is 1. The molecule has 1 aromatic carbocycles. The molecule has 0 aliphatic rings. The third-order valence-corrected chi connectivity index (χ3v) is 2.32. The molecule has 0 atom stereocenters. The van der Waals surface area contributed by atoms with Crippen LogP contribution in [-0.2, 0) is 4.79 Å². The Morgan fingerprint density at radius 1 is 1.47 bits per heavy atom. The average molecular weight is 240 g/mol. The maximum absolute atomic E-state index is 12.9. The highest BCUT2D eigenvalue weighted by Crippen LogP contribution is 2.24. The molecule has 0 aliphatic heterocycles. The first-order chi connectivity index (χ1) is 8.04. The van der Waals surface area contributed by atoms with Gasteiger partial charge < -0.3 is 15.0 Å². The summed E-state index contributed by atoms with van der Waals surface area (Å²) in [5, 5.41) is 3.04. The SMILES string of the molecule is COc1cc(F)ccc1NCCC(=O)N(C)C. The molecular weight excluding hydrogens is 223 g/mol. The van der Waals surface area contributed by atoms with Gasteiger partial charge in [-0.1, -0.05) is 0 Å². The van der Waals surface area contributed by atoms with Crippen LogP contribution in [0.1, 0.15) is 6.42 Å². The first-order valence-electron chi connectivity index (χ1n) is 5.32. The number of carbonyl (C=O) groups is 1. The molecule has 0 saturated heterocycles. The van der Waals surface area contributed by atoms with E-state index in [0.29, 0.717) is 24.4 Å². The van der Waals surface area contributed by atoms with Crippen LogP contribution in [0, 0.1) is 5.82 Å². The van der Waals surface area contributed by atoms with E-state index < -0.39 is 0 Å². The topological polar surface area (TPSA) is 41.6 Å². The van der Waals surface area contributed by atoms with Crippen LogP contribution in [0.25, 0.3) is 0 Å². The molecule has 1 rings (SSSR count). The normalized spacial score (nSPS) is 9.88. The van der Waals surface area contributed by atoms with Gasteiger partial charge in [0.2, 0.25) is 5.91 Å². The summed E-state index contributed by atoms with van der Waals surface area (Å²) in [5.41, 5.74) is 0.681. The molecule has 17 heavy (non-hydrogen) atoms. The Balaban J connectivity index is 2.54. The third-order valence-electron chi connectivity index (χ3n) is 2.32. The van der Waals surface area contributed by atoms with Gasteiger partial charge in [0, 0.05) is 33.1 Å². The van der Waals surface area contributed by atoms with Crippen molar-refractivity contribution in [2.75, 3.05) is 33.1 Å². The fraction of sp³-hybridized carbons (Fsp3) is 0.417. The van der Waals surface area contributed by atoms with Crippen LogP contribution in [-0.4, -0.2) is 38.6 Å². The lowest BCUT2D eigenvalue weighted by Gasteiger charge is -2.13. The number of benzene rings is 1. The Hall–Kier alpha value is -1.78. The molecule has 1 amide bonds. The Bertz CT molecular complexity index is 394. The molecular formula is C12H17FN2O2. The number of ether oxygens (including phenoxy) is 1. The van der Waals surface area contributed by atoms with Gasteiger partial charge in [-0.25, -0.2) is 4.39 Å². The Kier molecular flexibility index (Phi) is 4.75. The Labute approximate surface area is 100 Å². The maximum atomic E-state index is 12.9. The smallest absolute Gasteiger partial charge is 0.223 e. The van der Waals surface area contributed by atoms with E-state index in [9.17, 15) is 9.18 Å². The molecule has 0 heterocycles. The van der Waals surface area contributed by atoms with E-state index in [2.05, 4.69) is 5.32 Å². The van der Waals surface area contributed by atoms with Gasteiger partial charge in [0.1, 0.15) is 11.6 Å². The number of hydrogen-bond acceptors (Lipinski definition) is 3. The van der Waals surface area contributed by atoms with Gasteiger partial charge in [0.25, 0.3) is 0 Å². The monoisotopic (exact) mass is 240 g/mol. The van der Waals surface area contributed by atoms with Crippen molar-refractivity contribution in [3.63, 3.8) is 0 Å². The molecule has 94 valence electrons. The van der Waals surface area contributed by atoms with E-state index in [-0.39, 0.29) is 11.7 Å². The lowest BCUT2D eigenvalue weighted by atomic mass is 10.2. The van der Waals surface area contributed by atoms with Gasteiger partial charge in [-0.2, -0.15) is 0 Å². The van der Waals surface area contributed by atoms with Gasteiger partial charge >= 0.3 is 0 Å². The van der Waals surface area contributed by atoms with Gasteiger partial charge in [-0.15, -0.1) is 0 Å². The molecule has 1 N–H and O–H groups in total. The van der Waals surface area contributed by atoms with E-state index in [1.165, 1.54) is 24.1 Å². The number of amides is 1. The fourth-order valence-electron chi connectivity index (χ4n) is 1.34. The van der Waals surface area contributed by atoms with Crippen molar-refractivity contribution in [1.29, 1.82) is 0 Å². The van der Waals surface area contributed by atoms with Crippen LogP contribution in [0.4, 0.5) is 10.1 Å². The minimum atomic E-state index is -0.350. The van der Waals surface area contributed by atoms with Crippen molar-refractivity contribution >= 4 is 11.6 Å². The number of nitrogens with one attached hydrogen (secondary N) is 1. The highest BCUT2D eigenvalue weighted by Gasteiger charge is 2.06. The molecule has 0 unspecified atom stereocenters. The second-order valence-electron chi connectivity index (χ2n) is 3.81. The number of anilines is 1. The van der Waals surface area contributed by atoms with Crippen LogP contribution in [0.3, 0.4) is 0 Å². The van der Waals surface area contributed by atoms with Crippen LogP contribution >= 0.6 is 0 Å². The number of halogens is 1. The number of nitrogens with zero attached hydrogens (tertiary/aromatic N) is 1.